The summed E-state index contributed by atoms with van der Waals surface area (Å²) in [5.41, 5.74) is 0.502. The summed E-state index contributed by atoms with van der Waals surface area (Å²) in [6, 6.07) is 7.33. The molecular weight excluding hydrogens is 294 g/mol. The molecular formula is C18H27NO4. The van der Waals surface area contributed by atoms with Gasteiger partial charge in [0.05, 0.1) is 12.2 Å². The van der Waals surface area contributed by atoms with Crippen LogP contribution in [0.15, 0.2) is 24.3 Å². The summed E-state index contributed by atoms with van der Waals surface area (Å²) in [6.45, 7) is 6.29. The Morgan fingerprint density at radius 3 is 2.74 bits per heavy atom. The number of carbonyl (C=O) groups excluding carboxylic acids is 1. The van der Waals surface area contributed by atoms with Crippen LogP contribution < -0.4 is 4.74 Å². The summed E-state index contributed by atoms with van der Waals surface area (Å²) in [5, 5.41) is 10.2. The maximum Gasteiger partial charge on any atom is 0.338 e. The molecule has 0 saturated carbocycles. The number of hydrogen-bond acceptors (Lipinski definition) is 5. The Morgan fingerprint density at radius 1 is 1.35 bits per heavy atom. The lowest BCUT2D eigenvalue weighted by Gasteiger charge is -2.34. The van der Waals surface area contributed by atoms with Crippen LogP contribution in [0.3, 0.4) is 0 Å². The van der Waals surface area contributed by atoms with Crippen molar-refractivity contribution >= 4 is 5.97 Å². The third kappa shape index (κ3) is 5.52. The fraction of sp³-hybridized carbons (Fsp3) is 0.611. The Balaban J connectivity index is 1.77. The van der Waals surface area contributed by atoms with Crippen molar-refractivity contribution in [3.63, 3.8) is 0 Å². The van der Waals surface area contributed by atoms with E-state index >= 15 is 0 Å². The number of rotatable bonds is 7. The highest BCUT2D eigenvalue weighted by Crippen LogP contribution is 2.17. The first kappa shape index (κ1) is 17.8. The Morgan fingerprint density at radius 2 is 2.09 bits per heavy atom. The normalized spacial score (nSPS) is 20.0. The molecule has 1 fully saturated rings. The van der Waals surface area contributed by atoms with E-state index in [0.29, 0.717) is 30.5 Å². The minimum Gasteiger partial charge on any atom is -0.491 e. The van der Waals surface area contributed by atoms with Crippen LogP contribution in [0.25, 0.3) is 0 Å². The Hall–Kier alpha value is -1.59. The van der Waals surface area contributed by atoms with Crippen molar-refractivity contribution in [1.29, 1.82) is 0 Å². The summed E-state index contributed by atoms with van der Waals surface area (Å²) in [5.74, 6) is 0.307. The van der Waals surface area contributed by atoms with Gasteiger partial charge in [-0.2, -0.15) is 0 Å². The number of likely N-dealkylation sites (tertiary alicyclic amines) is 1. The predicted octanol–water partition coefficient (Wildman–Crippen LogP) is 2.48. The van der Waals surface area contributed by atoms with E-state index in [9.17, 15) is 9.90 Å². The van der Waals surface area contributed by atoms with E-state index in [2.05, 4.69) is 11.8 Å². The van der Waals surface area contributed by atoms with Gasteiger partial charge in [0.1, 0.15) is 18.5 Å². The number of hydrogen-bond donors (Lipinski definition) is 1. The van der Waals surface area contributed by atoms with Gasteiger partial charge >= 0.3 is 5.97 Å². The quantitative estimate of drug-likeness (QED) is 0.782. The molecule has 1 aromatic rings. The smallest absolute Gasteiger partial charge is 0.338 e. The number of piperidine rings is 1. The average Bonchev–Trinajstić information content (AvgIpc) is 2.56. The number of aliphatic hydroxyl groups is 1. The standard InChI is InChI=1S/C18H27NO4/c1-3-22-18(21)15-7-9-17(10-8-15)23-13-16(20)12-19-11-5-4-6-14(19)2/h7-10,14,16,20H,3-6,11-13H2,1-2H3/t14-,16+/m1/s1. The Bertz CT molecular complexity index is 488. The van der Waals surface area contributed by atoms with Gasteiger partial charge in [-0.25, -0.2) is 4.79 Å². The van der Waals surface area contributed by atoms with Crippen LogP contribution in [0, 0.1) is 0 Å². The zero-order valence-electron chi connectivity index (χ0n) is 14.0. The zero-order chi connectivity index (χ0) is 16.7. The van der Waals surface area contributed by atoms with Crippen LogP contribution in [-0.4, -0.2) is 54.4 Å². The van der Waals surface area contributed by atoms with Crippen LogP contribution in [-0.2, 0) is 4.74 Å². The van der Waals surface area contributed by atoms with E-state index in [1.807, 2.05) is 0 Å². The van der Waals surface area contributed by atoms with Crippen LogP contribution in [0.4, 0.5) is 0 Å². The van der Waals surface area contributed by atoms with E-state index in [1.54, 1.807) is 31.2 Å². The number of β-amino-alcohol motifs (C(OH)–C–C–N with tert-alkyl or cyclic N) is 1. The molecule has 23 heavy (non-hydrogen) atoms. The van der Waals surface area contributed by atoms with Gasteiger partial charge in [-0.3, -0.25) is 4.90 Å². The maximum absolute atomic E-state index is 11.6. The van der Waals surface area contributed by atoms with Gasteiger partial charge in [0.25, 0.3) is 0 Å². The molecule has 0 spiro atoms. The molecule has 0 unspecified atom stereocenters. The summed E-state index contributed by atoms with van der Waals surface area (Å²) in [4.78, 5) is 13.9. The van der Waals surface area contributed by atoms with Gasteiger partial charge in [-0.15, -0.1) is 0 Å². The minimum atomic E-state index is -0.514. The predicted molar refractivity (Wildman–Crippen MR) is 88.8 cm³/mol. The van der Waals surface area contributed by atoms with Gasteiger partial charge in [-0.1, -0.05) is 6.42 Å². The second-order valence-electron chi connectivity index (χ2n) is 6.05. The number of aliphatic hydroxyl groups excluding tert-OH is 1. The first-order valence-corrected chi connectivity index (χ1v) is 8.42. The summed E-state index contributed by atoms with van der Waals surface area (Å²) in [7, 11) is 0. The second kappa shape index (κ2) is 8.89. The highest BCUT2D eigenvalue weighted by molar-refractivity contribution is 5.89. The maximum atomic E-state index is 11.6. The van der Waals surface area contributed by atoms with Crippen LogP contribution in [0.2, 0.25) is 0 Å². The highest BCUT2D eigenvalue weighted by Gasteiger charge is 2.21. The van der Waals surface area contributed by atoms with E-state index in [0.717, 1.165) is 6.54 Å². The Kier molecular flexibility index (Phi) is 6.86. The molecule has 1 aliphatic heterocycles. The summed E-state index contributed by atoms with van der Waals surface area (Å²) >= 11 is 0. The number of carbonyl (C=O) groups is 1. The van der Waals surface area contributed by atoms with Crippen molar-refractivity contribution in [2.24, 2.45) is 0 Å². The van der Waals surface area contributed by atoms with Gasteiger partial charge in [0, 0.05) is 12.6 Å². The van der Waals surface area contributed by atoms with Crippen molar-refractivity contribution in [3.05, 3.63) is 29.8 Å². The highest BCUT2D eigenvalue weighted by atomic mass is 16.5. The third-order valence-electron chi connectivity index (χ3n) is 4.19. The Labute approximate surface area is 138 Å². The average molecular weight is 321 g/mol. The molecule has 0 bridgehead atoms. The van der Waals surface area contributed by atoms with Crippen molar-refractivity contribution in [3.8, 4) is 5.75 Å². The van der Waals surface area contributed by atoms with Gasteiger partial charge < -0.3 is 14.6 Å². The molecule has 128 valence electrons. The molecule has 1 heterocycles. The van der Waals surface area contributed by atoms with Crippen LogP contribution in [0.5, 0.6) is 5.75 Å². The molecule has 0 amide bonds. The molecule has 5 heteroatoms. The van der Waals surface area contributed by atoms with E-state index in [4.69, 9.17) is 9.47 Å². The monoisotopic (exact) mass is 321 g/mol. The summed E-state index contributed by atoms with van der Waals surface area (Å²) < 4.78 is 10.5. The van der Waals surface area contributed by atoms with Gasteiger partial charge in [0.15, 0.2) is 0 Å². The molecule has 1 aromatic carbocycles. The van der Waals surface area contributed by atoms with E-state index in [-0.39, 0.29) is 12.6 Å². The molecule has 0 aliphatic carbocycles. The van der Waals surface area contributed by atoms with E-state index < -0.39 is 6.10 Å². The summed E-state index contributed by atoms with van der Waals surface area (Å²) in [6.07, 6.45) is 3.16. The van der Waals surface area contributed by atoms with Crippen molar-refractivity contribution in [1.82, 2.24) is 4.90 Å². The molecule has 0 aromatic heterocycles. The fourth-order valence-electron chi connectivity index (χ4n) is 2.85. The molecule has 2 rings (SSSR count). The molecule has 0 radical (unpaired) electrons. The van der Waals surface area contributed by atoms with Crippen molar-refractivity contribution < 1.29 is 19.4 Å². The number of nitrogens with zero attached hydrogens (tertiary/aromatic N) is 1. The molecule has 1 aliphatic rings. The number of esters is 1. The second-order valence-corrected chi connectivity index (χ2v) is 6.05. The first-order valence-electron chi connectivity index (χ1n) is 8.42. The van der Waals surface area contributed by atoms with Gasteiger partial charge in [-0.05, 0) is 57.5 Å². The van der Waals surface area contributed by atoms with Gasteiger partial charge in [0.2, 0.25) is 0 Å². The van der Waals surface area contributed by atoms with Crippen molar-refractivity contribution in [2.75, 3.05) is 26.3 Å². The lowest BCUT2D eigenvalue weighted by Crippen LogP contribution is -2.43. The number of benzene rings is 1. The molecule has 1 N–H and O–H groups in total. The molecule has 5 nitrogen and oxygen atoms in total. The van der Waals surface area contributed by atoms with Crippen LogP contribution in [0.1, 0.15) is 43.5 Å². The third-order valence-corrected chi connectivity index (χ3v) is 4.19. The first-order chi connectivity index (χ1) is 11.1. The van der Waals surface area contributed by atoms with Crippen LogP contribution >= 0.6 is 0 Å². The van der Waals surface area contributed by atoms with E-state index in [1.165, 1.54) is 19.3 Å². The fourth-order valence-corrected chi connectivity index (χ4v) is 2.85. The van der Waals surface area contributed by atoms with Crippen molar-refractivity contribution in [2.45, 2.75) is 45.3 Å². The topological polar surface area (TPSA) is 59.0 Å². The molecule has 1 saturated heterocycles. The molecule has 2 atom stereocenters. The lowest BCUT2D eigenvalue weighted by molar-refractivity contribution is 0.0437. The minimum absolute atomic E-state index is 0.252. The largest absolute Gasteiger partial charge is 0.491 e. The lowest BCUT2D eigenvalue weighted by atomic mass is 10.0. The SMILES string of the molecule is CCOC(=O)c1ccc(OC[C@@H](O)CN2CCCC[C@H]2C)cc1. The zero-order valence-corrected chi connectivity index (χ0v) is 14.0. The number of ether oxygens (including phenoxy) is 2.